The highest BCUT2D eigenvalue weighted by Crippen LogP contribution is 2.35. The number of hydrogen-bond acceptors (Lipinski definition) is 9. The van der Waals surface area contributed by atoms with E-state index < -0.39 is 0 Å². The summed E-state index contributed by atoms with van der Waals surface area (Å²) >= 11 is 3.83. The summed E-state index contributed by atoms with van der Waals surface area (Å²) in [7, 11) is 0. The topological polar surface area (TPSA) is 106 Å². The van der Waals surface area contributed by atoms with Crippen LogP contribution in [0.1, 0.15) is 29.7 Å². The molecule has 0 saturated carbocycles. The van der Waals surface area contributed by atoms with Crippen LogP contribution in [0.3, 0.4) is 0 Å². The Bertz CT molecular complexity index is 1410. The second kappa shape index (κ2) is 15.6. The fraction of sp³-hybridized carbons (Fsp3) is 0.344. The molecule has 3 N–H and O–H groups in total. The van der Waals surface area contributed by atoms with Gasteiger partial charge in [0.15, 0.2) is 5.84 Å². The minimum absolute atomic E-state index is 0.0849. The molecular formula is C32H37N5O3S2. The van der Waals surface area contributed by atoms with Gasteiger partial charge >= 0.3 is 0 Å². The van der Waals surface area contributed by atoms with Crippen LogP contribution in [0.5, 0.6) is 11.5 Å². The van der Waals surface area contributed by atoms with Gasteiger partial charge in [-0.05, 0) is 86.3 Å². The van der Waals surface area contributed by atoms with Crippen LogP contribution in [0.4, 0.5) is 0 Å². The number of ether oxygens (including phenoxy) is 2. The lowest BCUT2D eigenvalue weighted by atomic mass is 10.1. The van der Waals surface area contributed by atoms with E-state index in [0.29, 0.717) is 18.8 Å². The molecule has 1 fully saturated rings. The van der Waals surface area contributed by atoms with Gasteiger partial charge in [-0.1, -0.05) is 5.16 Å². The van der Waals surface area contributed by atoms with Gasteiger partial charge in [0, 0.05) is 65.1 Å². The Kier molecular flexibility index (Phi) is 11.1. The number of pyridine rings is 1. The zero-order valence-corrected chi connectivity index (χ0v) is 25.3. The Balaban J connectivity index is 1.10. The van der Waals surface area contributed by atoms with Gasteiger partial charge in [-0.25, -0.2) is 4.98 Å². The number of unbranched alkanes of at least 4 members (excludes halogenated alkanes) is 2. The monoisotopic (exact) mass is 603 g/mol. The van der Waals surface area contributed by atoms with Crippen LogP contribution in [0.25, 0.3) is 21.8 Å². The third-order valence-corrected chi connectivity index (χ3v) is 9.18. The number of nitrogens with zero attached hydrogens (tertiary/aromatic N) is 4. The number of rotatable bonds is 14. The largest absolute Gasteiger partial charge is 0.494 e. The fourth-order valence-electron chi connectivity index (χ4n) is 4.69. The first-order valence-electron chi connectivity index (χ1n) is 14.3. The van der Waals surface area contributed by atoms with Crippen molar-refractivity contribution in [2.24, 2.45) is 10.9 Å². The molecule has 0 radical (unpaired) electrons. The zero-order valence-electron chi connectivity index (χ0n) is 23.7. The molecule has 8 nitrogen and oxygen atoms in total. The Hall–Kier alpha value is -3.60. The van der Waals surface area contributed by atoms with Crippen molar-refractivity contribution >= 4 is 28.9 Å². The maximum atomic E-state index is 8.75. The number of thiazole rings is 1. The lowest BCUT2D eigenvalue weighted by Gasteiger charge is -2.25. The van der Waals surface area contributed by atoms with Gasteiger partial charge in [-0.3, -0.25) is 4.98 Å². The number of aromatic nitrogens is 2. The first-order valence-corrected chi connectivity index (χ1v) is 16.3. The van der Waals surface area contributed by atoms with Gasteiger partial charge in [0.1, 0.15) is 16.5 Å². The average Bonchev–Trinajstić information content (AvgIpc) is 3.49. The normalized spacial score (nSPS) is 14.1. The van der Waals surface area contributed by atoms with Crippen LogP contribution in [-0.2, 0) is 6.42 Å². The summed E-state index contributed by atoms with van der Waals surface area (Å²) < 4.78 is 11.8. The molecule has 3 heterocycles. The van der Waals surface area contributed by atoms with Crippen molar-refractivity contribution in [2.45, 2.75) is 25.7 Å². The molecule has 2 aromatic carbocycles. The van der Waals surface area contributed by atoms with E-state index in [-0.39, 0.29) is 5.84 Å². The van der Waals surface area contributed by atoms with Crippen LogP contribution in [0.15, 0.2) is 78.2 Å². The molecule has 2 aromatic heterocycles. The Morgan fingerprint density at radius 2 is 1.60 bits per heavy atom. The van der Waals surface area contributed by atoms with Gasteiger partial charge in [-0.15, -0.1) is 11.3 Å². The van der Waals surface area contributed by atoms with E-state index in [4.69, 9.17) is 25.4 Å². The SMILES string of the molecule is N/C(=N\O)c1ccc(OCCCCCOc2ccc(-c3nc(-c4cccnc4)sc3CCN3CCSCC3)cc2)cc1. The van der Waals surface area contributed by atoms with Gasteiger partial charge in [0.25, 0.3) is 0 Å². The minimum Gasteiger partial charge on any atom is -0.494 e. The van der Waals surface area contributed by atoms with Crippen LogP contribution < -0.4 is 15.2 Å². The lowest BCUT2D eigenvalue weighted by molar-refractivity contribution is 0.279. The maximum absolute atomic E-state index is 8.75. The smallest absolute Gasteiger partial charge is 0.170 e. The van der Waals surface area contributed by atoms with E-state index in [0.717, 1.165) is 65.6 Å². The van der Waals surface area contributed by atoms with Crippen LogP contribution in [0, 0.1) is 0 Å². The molecular weight excluding hydrogens is 567 g/mol. The molecule has 0 bridgehead atoms. The molecule has 42 heavy (non-hydrogen) atoms. The second-order valence-electron chi connectivity index (χ2n) is 10.0. The summed E-state index contributed by atoms with van der Waals surface area (Å²) in [6.45, 7) is 4.69. The van der Waals surface area contributed by atoms with E-state index in [1.165, 1.54) is 29.5 Å². The molecule has 0 atom stereocenters. The number of oxime groups is 1. The Labute approximate surface area is 255 Å². The van der Waals surface area contributed by atoms with E-state index in [1.807, 2.05) is 48.3 Å². The summed E-state index contributed by atoms with van der Waals surface area (Å²) in [6, 6.07) is 19.6. The van der Waals surface area contributed by atoms with Gasteiger partial charge in [0.2, 0.25) is 0 Å². The molecule has 4 aromatic rings. The quantitative estimate of drug-likeness (QED) is 0.0578. The van der Waals surface area contributed by atoms with Crippen molar-refractivity contribution in [3.05, 3.63) is 83.5 Å². The van der Waals surface area contributed by atoms with Crippen molar-refractivity contribution in [3.63, 3.8) is 0 Å². The van der Waals surface area contributed by atoms with Gasteiger partial charge < -0.3 is 25.3 Å². The summed E-state index contributed by atoms with van der Waals surface area (Å²) in [4.78, 5) is 13.3. The summed E-state index contributed by atoms with van der Waals surface area (Å²) in [5.41, 5.74) is 9.49. The first kappa shape index (κ1) is 29.9. The van der Waals surface area contributed by atoms with Gasteiger partial charge in [0.05, 0.1) is 18.9 Å². The molecule has 5 rings (SSSR count). The van der Waals surface area contributed by atoms with Crippen molar-refractivity contribution in [2.75, 3.05) is 44.4 Å². The van der Waals surface area contributed by atoms with Gasteiger partial charge in [-0.2, -0.15) is 11.8 Å². The summed E-state index contributed by atoms with van der Waals surface area (Å²) in [6.07, 6.45) is 7.59. The maximum Gasteiger partial charge on any atom is 0.170 e. The number of thioether (sulfide) groups is 1. The molecule has 0 aliphatic carbocycles. The fourth-order valence-corrected chi connectivity index (χ4v) is 6.73. The molecule has 0 amide bonds. The molecule has 0 spiro atoms. The number of amidine groups is 1. The van der Waals surface area contributed by atoms with Crippen LogP contribution >= 0.6 is 23.1 Å². The lowest BCUT2D eigenvalue weighted by Crippen LogP contribution is -2.34. The predicted molar refractivity (Wildman–Crippen MR) is 172 cm³/mol. The average molecular weight is 604 g/mol. The highest BCUT2D eigenvalue weighted by Gasteiger charge is 2.17. The molecule has 1 saturated heterocycles. The van der Waals surface area contributed by atoms with Crippen LogP contribution in [0.2, 0.25) is 0 Å². The molecule has 0 unspecified atom stereocenters. The van der Waals surface area contributed by atoms with E-state index >= 15 is 0 Å². The number of hydrogen-bond donors (Lipinski definition) is 2. The minimum atomic E-state index is 0.0849. The molecule has 1 aliphatic heterocycles. The highest BCUT2D eigenvalue weighted by molar-refractivity contribution is 7.99. The van der Waals surface area contributed by atoms with Crippen molar-refractivity contribution in [1.82, 2.24) is 14.9 Å². The number of nitrogens with two attached hydrogens (primary N) is 1. The third-order valence-electron chi connectivity index (χ3n) is 7.08. The predicted octanol–water partition coefficient (Wildman–Crippen LogP) is 6.19. The van der Waals surface area contributed by atoms with Crippen molar-refractivity contribution < 1.29 is 14.7 Å². The second-order valence-corrected chi connectivity index (χ2v) is 12.3. The van der Waals surface area contributed by atoms with E-state index in [1.54, 1.807) is 29.7 Å². The van der Waals surface area contributed by atoms with Crippen molar-refractivity contribution in [1.29, 1.82) is 0 Å². The Morgan fingerprint density at radius 3 is 2.24 bits per heavy atom. The van der Waals surface area contributed by atoms with Crippen molar-refractivity contribution in [3.8, 4) is 33.3 Å². The summed E-state index contributed by atoms with van der Waals surface area (Å²) in [5, 5.41) is 12.8. The number of benzene rings is 2. The third kappa shape index (κ3) is 8.47. The first-order chi connectivity index (χ1) is 20.7. The van der Waals surface area contributed by atoms with E-state index in [2.05, 4.69) is 33.2 Å². The Morgan fingerprint density at radius 1 is 0.905 bits per heavy atom. The van der Waals surface area contributed by atoms with Crippen LogP contribution in [-0.4, -0.2) is 70.3 Å². The molecule has 220 valence electrons. The molecule has 1 aliphatic rings. The molecule has 10 heteroatoms. The van der Waals surface area contributed by atoms with E-state index in [9.17, 15) is 0 Å². The zero-order chi connectivity index (χ0) is 29.0. The highest BCUT2D eigenvalue weighted by atomic mass is 32.2. The standard InChI is InChI=1S/C32H37N5O3S2/c33-31(36-38)25-8-12-28(13-9-25)40-20-3-1-2-19-39-27-10-6-24(7-11-27)30-29(14-16-37-17-21-41-22-18-37)42-32(35-30)26-5-4-15-34-23-26/h4-13,15,23,38H,1-3,14,16-22H2,(H2,33,36). The summed E-state index contributed by atoms with van der Waals surface area (Å²) in [5.74, 6) is 4.17.